The van der Waals surface area contributed by atoms with Crippen molar-refractivity contribution in [3.8, 4) is 0 Å². The van der Waals surface area contributed by atoms with Crippen LogP contribution in [0.15, 0.2) is 30.5 Å². The van der Waals surface area contributed by atoms with Crippen LogP contribution < -0.4 is 5.32 Å². The lowest BCUT2D eigenvalue weighted by atomic mass is 10.1. The molecule has 1 N–H and O–H groups in total. The molecule has 1 saturated carbocycles. The van der Waals surface area contributed by atoms with Crippen molar-refractivity contribution in [3.05, 3.63) is 47.5 Å². The van der Waals surface area contributed by atoms with Crippen LogP contribution in [0, 0.1) is 12.7 Å². The Kier molecular flexibility index (Phi) is 3.01. The summed E-state index contributed by atoms with van der Waals surface area (Å²) in [5.74, 6) is 0.685. The molecule has 100 valence electrons. The molecule has 1 aliphatic rings. The van der Waals surface area contributed by atoms with Crippen LogP contribution in [0.4, 0.5) is 10.3 Å². The van der Waals surface area contributed by atoms with Gasteiger partial charge in [-0.15, -0.1) is 0 Å². The molecule has 1 atom stereocenters. The number of imidazole rings is 1. The molecular weight excluding hydrogens is 241 g/mol. The van der Waals surface area contributed by atoms with Gasteiger partial charge in [0.15, 0.2) is 0 Å². The van der Waals surface area contributed by atoms with Gasteiger partial charge in [-0.3, -0.25) is 0 Å². The lowest BCUT2D eigenvalue weighted by Gasteiger charge is -2.16. The Morgan fingerprint density at radius 1 is 1.42 bits per heavy atom. The zero-order valence-corrected chi connectivity index (χ0v) is 11.2. The van der Waals surface area contributed by atoms with E-state index in [9.17, 15) is 4.39 Å². The number of aryl methyl sites for hydroxylation is 1. The minimum absolute atomic E-state index is 0.0370. The Bertz CT molecular complexity index is 587. The summed E-state index contributed by atoms with van der Waals surface area (Å²) in [7, 11) is 0. The molecule has 0 bridgehead atoms. The minimum atomic E-state index is -0.201. The predicted octanol–water partition coefficient (Wildman–Crippen LogP) is 3.84. The molecule has 19 heavy (non-hydrogen) atoms. The fourth-order valence-corrected chi connectivity index (χ4v) is 2.31. The van der Waals surface area contributed by atoms with Gasteiger partial charge in [-0.1, -0.05) is 12.1 Å². The highest BCUT2D eigenvalue weighted by Crippen LogP contribution is 2.37. The molecule has 1 aliphatic carbocycles. The van der Waals surface area contributed by atoms with E-state index in [0.717, 1.165) is 17.2 Å². The molecule has 0 radical (unpaired) electrons. The maximum Gasteiger partial charge on any atom is 0.203 e. The van der Waals surface area contributed by atoms with E-state index < -0.39 is 0 Å². The number of nitrogens with zero attached hydrogens (tertiary/aromatic N) is 2. The van der Waals surface area contributed by atoms with Gasteiger partial charge in [0.2, 0.25) is 5.95 Å². The van der Waals surface area contributed by atoms with Crippen LogP contribution in [0.3, 0.4) is 0 Å². The number of benzene rings is 1. The lowest BCUT2D eigenvalue weighted by molar-refractivity contribution is 0.623. The summed E-state index contributed by atoms with van der Waals surface area (Å²) in [6.45, 7) is 4.02. The number of aromatic nitrogens is 2. The first-order chi connectivity index (χ1) is 9.13. The zero-order chi connectivity index (χ0) is 13.4. The lowest BCUT2D eigenvalue weighted by Crippen LogP contribution is -2.11. The third-order valence-electron chi connectivity index (χ3n) is 3.49. The molecule has 0 aliphatic heterocycles. The van der Waals surface area contributed by atoms with Crippen molar-refractivity contribution < 1.29 is 4.39 Å². The van der Waals surface area contributed by atoms with Gasteiger partial charge in [0.05, 0.1) is 11.7 Å². The topological polar surface area (TPSA) is 29.9 Å². The average Bonchev–Trinajstić information content (AvgIpc) is 3.14. The van der Waals surface area contributed by atoms with Crippen LogP contribution >= 0.6 is 0 Å². The minimum Gasteiger partial charge on any atom is -0.349 e. The second-order valence-corrected chi connectivity index (χ2v) is 5.27. The number of nitrogens with one attached hydrogen (secondary N) is 1. The highest BCUT2D eigenvalue weighted by atomic mass is 19.1. The summed E-state index contributed by atoms with van der Waals surface area (Å²) in [5.41, 5.74) is 1.95. The van der Waals surface area contributed by atoms with Gasteiger partial charge in [0, 0.05) is 12.2 Å². The highest BCUT2D eigenvalue weighted by molar-refractivity contribution is 5.35. The van der Waals surface area contributed by atoms with E-state index in [1.807, 2.05) is 19.9 Å². The molecule has 3 rings (SSSR count). The summed E-state index contributed by atoms with van der Waals surface area (Å²) < 4.78 is 15.4. The first-order valence-corrected chi connectivity index (χ1v) is 6.71. The van der Waals surface area contributed by atoms with Crippen LogP contribution in [0.1, 0.15) is 43.1 Å². The van der Waals surface area contributed by atoms with E-state index in [0.29, 0.717) is 6.04 Å². The molecule has 1 fully saturated rings. The second kappa shape index (κ2) is 4.68. The summed E-state index contributed by atoms with van der Waals surface area (Å²) in [4.78, 5) is 4.52. The molecule has 1 heterocycles. The SMILES string of the molecule is Cc1cn(C2CC2)c(NC(C)c2cccc(F)c2)n1. The standard InChI is InChI=1S/C15H18FN3/c1-10-9-19(14-6-7-14)15(17-10)18-11(2)12-4-3-5-13(16)8-12/h3-5,8-9,11,14H,6-7H2,1-2H3,(H,17,18). The quantitative estimate of drug-likeness (QED) is 0.904. The Hall–Kier alpha value is -1.84. The molecule has 3 nitrogen and oxygen atoms in total. The molecular formula is C15H18FN3. The van der Waals surface area contributed by atoms with Crippen LogP contribution in [-0.4, -0.2) is 9.55 Å². The van der Waals surface area contributed by atoms with E-state index >= 15 is 0 Å². The number of anilines is 1. The van der Waals surface area contributed by atoms with Crippen LogP contribution in [0.25, 0.3) is 0 Å². The molecule has 0 amide bonds. The number of halogens is 1. The number of hydrogen-bond donors (Lipinski definition) is 1. The van der Waals surface area contributed by atoms with Crippen molar-refractivity contribution in [1.82, 2.24) is 9.55 Å². The van der Waals surface area contributed by atoms with Gasteiger partial charge < -0.3 is 9.88 Å². The van der Waals surface area contributed by atoms with Crippen molar-refractivity contribution in [2.75, 3.05) is 5.32 Å². The van der Waals surface area contributed by atoms with E-state index in [-0.39, 0.29) is 11.9 Å². The summed E-state index contributed by atoms with van der Waals surface area (Å²) >= 11 is 0. The maximum absolute atomic E-state index is 13.2. The van der Waals surface area contributed by atoms with Crippen molar-refractivity contribution >= 4 is 5.95 Å². The zero-order valence-electron chi connectivity index (χ0n) is 11.2. The Balaban J connectivity index is 1.81. The molecule has 1 unspecified atom stereocenters. The van der Waals surface area contributed by atoms with Crippen LogP contribution in [0.5, 0.6) is 0 Å². The van der Waals surface area contributed by atoms with Crippen molar-refractivity contribution in [2.45, 2.75) is 38.8 Å². The van der Waals surface area contributed by atoms with E-state index in [1.165, 1.54) is 18.9 Å². The van der Waals surface area contributed by atoms with E-state index in [1.54, 1.807) is 12.1 Å². The van der Waals surface area contributed by atoms with Gasteiger partial charge in [-0.2, -0.15) is 0 Å². The summed E-state index contributed by atoms with van der Waals surface area (Å²) in [6, 6.07) is 7.32. The molecule has 1 aromatic heterocycles. The molecule has 2 aromatic rings. The smallest absolute Gasteiger partial charge is 0.203 e. The summed E-state index contributed by atoms with van der Waals surface area (Å²) in [5, 5.41) is 3.38. The fraction of sp³-hybridized carbons (Fsp3) is 0.400. The molecule has 4 heteroatoms. The van der Waals surface area contributed by atoms with Gasteiger partial charge >= 0.3 is 0 Å². The average molecular weight is 259 g/mol. The maximum atomic E-state index is 13.2. The molecule has 0 spiro atoms. The normalized spacial score (nSPS) is 16.4. The van der Waals surface area contributed by atoms with E-state index in [2.05, 4.69) is 21.1 Å². The van der Waals surface area contributed by atoms with Crippen LogP contribution in [0.2, 0.25) is 0 Å². The highest BCUT2D eigenvalue weighted by Gasteiger charge is 2.26. The third-order valence-corrected chi connectivity index (χ3v) is 3.49. The molecule has 1 aromatic carbocycles. The van der Waals surface area contributed by atoms with Gasteiger partial charge in [0.25, 0.3) is 0 Å². The van der Waals surface area contributed by atoms with E-state index in [4.69, 9.17) is 0 Å². The largest absolute Gasteiger partial charge is 0.349 e. The second-order valence-electron chi connectivity index (χ2n) is 5.27. The van der Waals surface area contributed by atoms with Crippen LogP contribution in [-0.2, 0) is 0 Å². The first kappa shape index (κ1) is 12.2. The first-order valence-electron chi connectivity index (χ1n) is 6.71. The Morgan fingerprint density at radius 2 is 2.21 bits per heavy atom. The monoisotopic (exact) mass is 259 g/mol. The predicted molar refractivity (Wildman–Crippen MR) is 73.7 cm³/mol. The van der Waals surface area contributed by atoms with Gasteiger partial charge in [0.1, 0.15) is 5.82 Å². The van der Waals surface area contributed by atoms with Gasteiger partial charge in [-0.25, -0.2) is 9.37 Å². The summed E-state index contributed by atoms with van der Waals surface area (Å²) in [6.07, 6.45) is 4.52. The van der Waals surface area contributed by atoms with Gasteiger partial charge in [-0.05, 0) is 44.4 Å². The molecule has 0 saturated heterocycles. The Morgan fingerprint density at radius 3 is 2.89 bits per heavy atom. The number of rotatable bonds is 4. The fourth-order valence-electron chi connectivity index (χ4n) is 2.31. The van der Waals surface area contributed by atoms with Crippen molar-refractivity contribution in [1.29, 1.82) is 0 Å². The number of hydrogen-bond acceptors (Lipinski definition) is 2. The third kappa shape index (κ3) is 2.62. The van der Waals surface area contributed by atoms with Crippen molar-refractivity contribution in [2.24, 2.45) is 0 Å². The Labute approximate surface area is 112 Å². The van der Waals surface area contributed by atoms with Crippen molar-refractivity contribution in [3.63, 3.8) is 0 Å².